The summed E-state index contributed by atoms with van der Waals surface area (Å²) in [6.07, 6.45) is 6.29. The average Bonchev–Trinajstić information content (AvgIpc) is 2.33. The first-order chi connectivity index (χ1) is 8.56. The quantitative estimate of drug-likeness (QED) is 0.281. The highest BCUT2D eigenvalue weighted by molar-refractivity contribution is 6.20. The molecule has 0 N–H and O–H groups in total. The molecule has 0 aliphatic rings. The van der Waals surface area contributed by atoms with Gasteiger partial charge in [0.05, 0.1) is 12.0 Å². The maximum Gasteiger partial charge on any atom is 0.331 e. The molecule has 0 spiro atoms. The van der Waals surface area contributed by atoms with Gasteiger partial charge in [-0.15, -0.1) is 11.6 Å². The number of carbonyl (C=O) groups is 2. The molecule has 5 heteroatoms. The van der Waals surface area contributed by atoms with Crippen LogP contribution in [-0.4, -0.2) is 30.5 Å². The lowest BCUT2D eigenvalue weighted by Crippen LogP contribution is -2.10. The van der Waals surface area contributed by atoms with Crippen LogP contribution in [0.2, 0.25) is 0 Å². The highest BCUT2D eigenvalue weighted by atomic mass is 35.5. The molecule has 1 unspecified atom stereocenters. The molecule has 0 bridgehead atoms. The summed E-state index contributed by atoms with van der Waals surface area (Å²) >= 11 is 5.60. The van der Waals surface area contributed by atoms with E-state index in [1.807, 2.05) is 0 Å². The number of ether oxygens (including phenoxy) is 2. The fourth-order valence-electron chi connectivity index (χ4n) is 1.13. The first kappa shape index (κ1) is 17.0. The predicted octanol–water partition coefficient (Wildman–Crippen LogP) is 2.84. The summed E-state index contributed by atoms with van der Waals surface area (Å²) < 4.78 is 9.65. The molecule has 1 atom stereocenters. The lowest BCUT2D eigenvalue weighted by Gasteiger charge is -2.03. The number of carbonyl (C=O) groups excluding carboxylic acids is 2. The van der Waals surface area contributed by atoms with Gasteiger partial charge in [0.25, 0.3) is 0 Å². The van der Waals surface area contributed by atoms with E-state index < -0.39 is 11.9 Å². The second kappa shape index (κ2) is 11.1. The van der Waals surface area contributed by atoms with E-state index in [-0.39, 0.29) is 12.0 Å². The number of alkyl halides is 1. The number of rotatable bonds is 9. The standard InChI is InChI=1S/C13H21ClO4/c1-3-4-5-6-9-17-12(15)7-8-13(16)18-10-11(2)14/h7-8,11H,3-6,9-10H2,1-2H3/b8-7+. The second-order valence-corrected chi connectivity index (χ2v) is 4.72. The maximum atomic E-state index is 11.2. The summed E-state index contributed by atoms with van der Waals surface area (Å²) in [6.45, 7) is 4.33. The van der Waals surface area contributed by atoms with Crippen molar-refractivity contribution in [2.75, 3.05) is 13.2 Å². The molecule has 0 rings (SSSR count). The molecule has 0 saturated carbocycles. The van der Waals surface area contributed by atoms with Crippen molar-refractivity contribution in [1.29, 1.82) is 0 Å². The summed E-state index contributed by atoms with van der Waals surface area (Å²) in [5, 5.41) is -0.243. The summed E-state index contributed by atoms with van der Waals surface area (Å²) in [5.41, 5.74) is 0. The summed E-state index contributed by atoms with van der Waals surface area (Å²) in [6, 6.07) is 0. The molecule has 0 aromatic heterocycles. The van der Waals surface area contributed by atoms with Crippen molar-refractivity contribution < 1.29 is 19.1 Å². The molecule has 0 radical (unpaired) electrons. The molecule has 104 valence electrons. The average molecular weight is 277 g/mol. The van der Waals surface area contributed by atoms with Crippen LogP contribution < -0.4 is 0 Å². The monoisotopic (exact) mass is 276 g/mol. The van der Waals surface area contributed by atoms with Crippen molar-refractivity contribution >= 4 is 23.5 Å². The van der Waals surface area contributed by atoms with Crippen molar-refractivity contribution in [2.24, 2.45) is 0 Å². The number of halogens is 1. The Kier molecular flexibility index (Phi) is 10.4. The third-order valence-electron chi connectivity index (χ3n) is 2.05. The van der Waals surface area contributed by atoms with Gasteiger partial charge in [0.2, 0.25) is 0 Å². The van der Waals surface area contributed by atoms with Crippen LogP contribution in [0.3, 0.4) is 0 Å². The van der Waals surface area contributed by atoms with Crippen LogP contribution >= 0.6 is 11.6 Å². The van der Waals surface area contributed by atoms with Crippen LogP contribution in [0.4, 0.5) is 0 Å². The third kappa shape index (κ3) is 11.5. The lowest BCUT2D eigenvalue weighted by atomic mass is 10.2. The van der Waals surface area contributed by atoms with Crippen LogP contribution in [0.15, 0.2) is 12.2 Å². The molecule has 0 aliphatic carbocycles. The lowest BCUT2D eigenvalue weighted by molar-refractivity contribution is -0.140. The zero-order valence-electron chi connectivity index (χ0n) is 11.0. The van der Waals surface area contributed by atoms with E-state index in [0.717, 1.165) is 37.8 Å². The fraction of sp³-hybridized carbons (Fsp3) is 0.692. The molecule has 4 nitrogen and oxygen atoms in total. The Balaban J connectivity index is 3.63. The van der Waals surface area contributed by atoms with Crippen molar-refractivity contribution in [3.05, 3.63) is 12.2 Å². The fourth-order valence-corrected chi connectivity index (χ4v) is 1.19. The van der Waals surface area contributed by atoms with Crippen molar-refractivity contribution in [3.8, 4) is 0 Å². The van der Waals surface area contributed by atoms with Gasteiger partial charge in [0, 0.05) is 12.2 Å². The molecule has 0 aliphatic heterocycles. The second-order valence-electron chi connectivity index (χ2n) is 3.97. The number of hydrogen-bond acceptors (Lipinski definition) is 4. The summed E-state index contributed by atoms with van der Waals surface area (Å²) in [5.74, 6) is -1.12. The molecule has 0 amide bonds. The van der Waals surface area contributed by atoms with E-state index in [1.165, 1.54) is 0 Å². The largest absolute Gasteiger partial charge is 0.463 e. The zero-order chi connectivity index (χ0) is 13.8. The van der Waals surface area contributed by atoms with Crippen molar-refractivity contribution in [2.45, 2.75) is 44.9 Å². The van der Waals surface area contributed by atoms with Crippen LogP contribution in [0, 0.1) is 0 Å². The smallest absolute Gasteiger partial charge is 0.331 e. The molecule has 0 saturated heterocycles. The van der Waals surface area contributed by atoms with Crippen molar-refractivity contribution in [1.82, 2.24) is 0 Å². The normalized spacial score (nSPS) is 12.4. The van der Waals surface area contributed by atoms with E-state index in [2.05, 4.69) is 6.92 Å². The summed E-state index contributed by atoms with van der Waals surface area (Å²) in [4.78, 5) is 22.3. The third-order valence-corrected chi connectivity index (χ3v) is 2.18. The van der Waals surface area contributed by atoms with Gasteiger partial charge in [-0.25, -0.2) is 9.59 Å². The highest BCUT2D eigenvalue weighted by Gasteiger charge is 2.03. The molecule has 0 aromatic rings. The van der Waals surface area contributed by atoms with E-state index in [4.69, 9.17) is 21.1 Å². The Labute approximate surface area is 113 Å². The minimum Gasteiger partial charge on any atom is -0.463 e. The van der Waals surface area contributed by atoms with E-state index in [9.17, 15) is 9.59 Å². The highest BCUT2D eigenvalue weighted by Crippen LogP contribution is 1.99. The van der Waals surface area contributed by atoms with Crippen LogP contribution in [-0.2, 0) is 19.1 Å². The Morgan fingerprint density at radius 1 is 1.11 bits per heavy atom. The van der Waals surface area contributed by atoms with Gasteiger partial charge < -0.3 is 9.47 Å². The molecule has 18 heavy (non-hydrogen) atoms. The van der Waals surface area contributed by atoms with E-state index >= 15 is 0 Å². The number of hydrogen-bond donors (Lipinski definition) is 0. The van der Waals surface area contributed by atoms with Gasteiger partial charge in [0.15, 0.2) is 0 Å². The molecule has 0 aromatic carbocycles. The van der Waals surface area contributed by atoms with E-state index in [1.54, 1.807) is 6.92 Å². The van der Waals surface area contributed by atoms with E-state index in [0.29, 0.717) is 6.61 Å². The molecule has 0 heterocycles. The SMILES string of the molecule is CCCCCCOC(=O)/C=C/C(=O)OCC(C)Cl. The summed E-state index contributed by atoms with van der Waals surface area (Å²) in [7, 11) is 0. The molecular formula is C13H21ClO4. The van der Waals surface area contributed by atoms with Gasteiger partial charge in [-0.2, -0.15) is 0 Å². The van der Waals surface area contributed by atoms with Gasteiger partial charge >= 0.3 is 11.9 Å². The Morgan fingerprint density at radius 2 is 1.72 bits per heavy atom. The minimum atomic E-state index is -0.592. The minimum absolute atomic E-state index is 0.122. The van der Waals surface area contributed by atoms with Gasteiger partial charge in [0.1, 0.15) is 6.61 Å². The number of esters is 2. The van der Waals surface area contributed by atoms with Crippen molar-refractivity contribution in [3.63, 3.8) is 0 Å². The topological polar surface area (TPSA) is 52.6 Å². The first-order valence-corrected chi connectivity index (χ1v) is 6.65. The Bertz CT molecular complexity index is 274. The Hall–Kier alpha value is -1.03. The maximum absolute atomic E-state index is 11.2. The van der Waals surface area contributed by atoms with Gasteiger partial charge in [-0.1, -0.05) is 26.2 Å². The Morgan fingerprint density at radius 3 is 2.28 bits per heavy atom. The van der Waals surface area contributed by atoms with Gasteiger partial charge in [-0.3, -0.25) is 0 Å². The molecule has 0 fully saturated rings. The van der Waals surface area contributed by atoms with Crippen LogP contribution in [0.5, 0.6) is 0 Å². The number of unbranched alkanes of at least 4 members (excludes halogenated alkanes) is 3. The molecular weight excluding hydrogens is 256 g/mol. The van der Waals surface area contributed by atoms with Gasteiger partial charge in [-0.05, 0) is 13.3 Å². The first-order valence-electron chi connectivity index (χ1n) is 6.22. The van der Waals surface area contributed by atoms with Crippen LogP contribution in [0.25, 0.3) is 0 Å². The predicted molar refractivity (Wildman–Crippen MR) is 70.5 cm³/mol. The zero-order valence-corrected chi connectivity index (χ0v) is 11.7. The van der Waals surface area contributed by atoms with Crippen LogP contribution in [0.1, 0.15) is 39.5 Å².